The van der Waals surface area contributed by atoms with Crippen LogP contribution in [0.1, 0.15) is 38.3 Å². The average Bonchev–Trinajstić information content (AvgIpc) is 3.62. The second kappa shape index (κ2) is 8.77. The Hall–Kier alpha value is -3.36. The first-order chi connectivity index (χ1) is 16.4. The number of amides is 2. The van der Waals surface area contributed by atoms with Gasteiger partial charge in [-0.2, -0.15) is 5.26 Å². The van der Waals surface area contributed by atoms with E-state index in [0.29, 0.717) is 37.8 Å². The van der Waals surface area contributed by atoms with Crippen LogP contribution in [0.2, 0.25) is 0 Å². The predicted octanol–water partition coefficient (Wildman–Crippen LogP) is 0.301. The third-order valence-corrected chi connectivity index (χ3v) is 7.41. The van der Waals surface area contributed by atoms with Gasteiger partial charge in [0.1, 0.15) is 6.04 Å². The zero-order chi connectivity index (χ0) is 24.0. The summed E-state index contributed by atoms with van der Waals surface area (Å²) in [5.74, 6) is 0.744. The smallest absolute Gasteiger partial charge is 0.241 e. The lowest BCUT2D eigenvalue weighted by Gasteiger charge is -2.38. The van der Waals surface area contributed by atoms with Crippen molar-refractivity contribution in [1.29, 1.82) is 5.26 Å². The van der Waals surface area contributed by atoms with Gasteiger partial charge in [0.25, 0.3) is 0 Å². The molecule has 3 fully saturated rings. The number of rotatable bonds is 6. The molecule has 4 heterocycles. The number of hydrogen-bond acceptors (Lipinski definition) is 8. The van der Waals surface area contributed by atoms with Crippen LogP contribution in [-0.4, -0.2) is 90.9 Å². The fourth-order valence-electron chi connectivity index (χ4n) is 5.74. The Kier molecular flexibility index (Phi) is 5.79. The maximum Gasteiger partial charge on any atom is 0.241 e. The number of hydrogen-bond donors (Lipinski definition) is 2. The minimum Gasteiger partial charge on any atom is -0.330 e. The highest BCUT2D eigenvalue weighted by molar-refractivity contribution is 5.87. The number of tetrazole rings is 1. The molecule has 6 atom stereocenters. The molecule has 3 N–H and O–H groups in total. The number of benzene rings is 1. The van der Waals surface area contributed by atoms with E-state index in [1.54, 1.807) is 4.90 Å². The molecule has 178 valence electrons. The summed E-state index contributed by atoms with van der Waals surface area (Å²) in [5, 5.41) is 23.4. The first-order valence-corrected chi connectivity index (χ1v) is 11.7. The van der Waals surface area contributed by atoms with E-state index in [-0.39, 0.29) is 29.9 Å². The number of aromatic amines is 1. The fourth-order valence-corrected chi connectivity index (χ4v) is 5.74. The molecule has 11 nitrogen and oxygen atoms in total. The number of aromatic nitrogens is 4. The molecule has 11 heteroatoms. The molecule has 34 heavy (non-hydrogen) atoms. The standard InChI is InChI=1S/C23H29N9O2/c1-13-6-17(9-24)31(10-13)22(33)19(25)12-30-11-18-8-20(30)23(34)32(18)14(2)15-4-3-5-16(7-15)21-26-28-29-27-21/h3-5,7,13-14,17-20H,6,8,10-12,25H2,1-2H3,(H,26,27,28,29)/t13?,14?,17?,18-,19?,20?/m0/s1. The second-order valence-corrected chi connectivity index (χ2v) is 9.74. The summed E-state index contributed by atoms with van der Waals surface area (Å²) in [6.45, 7) is 5.64. The van der Waals surface area contributed by atoms with Crippen LogP contribution < -0.4 is 5.73 Å². The van der Waals surface area contributed by atoms with Gasteiger partial charge in [0.15, 0.2) is 5.82 Å². The highest BCUT2D eigenvalue weighted by Gasteiger charge is 2.51. The number of nitriles is 1. The zero-order valence-electron chi connectivity index (χ0n) is 19.3. The van der Waals surface area contributed by atoms with E-state index in [9.17, 15) is 14.9 Å². The van der Waals surface area contributed by atoms with Gasteiger partial charge in [-0.3, -0.25) is 14.5 Å². The maximum absolute atomic E-state index is 13.3. The lowest BCUT2D eigenvalue weighted by molar-refractivity contribution is -0.141. The molecule has 2 aromatic rings. The van der Waals surface area contributed by atoms with Crippen molar-refractivity contribution >= 4 is 11.8 Å². The minimum absolute atomic E-state index is 0.0693. The van der Waals surface area contributed by atoms with E-state index in [2.05, 4.69) is 26.7 Å². The Labute approximate surface area is 197 Å². The average molecular weight is 464 g/mol. The summed E-state index contributed by atoms with van der Waals surface area (Å²) in [5.41, 5.74) is 8.16. The zero-order valence-corrected chi connectivity index (χ0v) is 19.3. The third kappa shape index (κ3) is 3.82. The molecular formula is C23H29N9O2. The second-order valence-electron chi connectivity index (χ2n) is 9.74. The van der Waals surface area contributed by atoms with Crippen LogP contribution in [0.15, 0.2) is 24.3 Å². The first-order valence-electron chi connectivity index (χ1n) is 11.7. The number of nitrogens with zero attached hydrogens (tertiary/aromatic N) is 7. The molecule has 5 rings (SSSR count). The SMILES string of the molecule is CC1CC(C#N)N(C(=O)C(N)CN2C[C@@H]3CC2C(=O)N3C(C)c2cccc(-c3nnn[nH]3)c2)C1. The van der Waals surface area contributed by atoms with Crippen molar-refractivity contribution in [2.24, 2.45) is 11.7 Å². The summed E-state index contributed by atoms with van der Waals surface area (Å²) in [4.78, 5) is 31.9. The summed E-state index contributed by atoms with van der Waals surface area (Å²) in [6.07, 6.45) is 1.42. The topological polar surface area (TPSA) is 148 Å². The molecule has 3 aliphatic heterocycles. The number of likely N-dealkylation sites (tertiary alicyclic amines) is 3. The molecule has 0 saturated carbocycles. The Morgan fingerprint density at radius 3 is 2.88 bits per heavy atom. The van der Waals surface area contributed by atoms with Crippen molar-refractivity contribution in [3.63, 3.8) is 0 Å². The van der Waals surface area contributed by atoms with Crippen molar-refractivity contribution in [1.82, 2.24) is 35.3 Å². The van der Waals surface area contributed by atoms with Gasteiger partial charge in [0.05, 0.1) is 24.2 Å². The van der Waals surface area contributed by atoms with E-state index < -0.39 is 12.1 Å². The largest absolute Gasteiger partial charge is 0.330 e. The number of nitrogens with two attached hydrogens (primary N) is 1. The van der Waals surface area contributed by atoms with E-state index in [4.69, 9.17) is 5.73 Å². The van der Waals surface area contributed by atoms with Crippen LogP contribution in [0.4, 0.5) is 0 Å². The number of carbonyl (C=O) groups excluding carboxylic acids is 2. The lowest BCUT2D eigenvalue weighted by Crippen LogP contribution is -2.56. The molecule has 5 unspecified atom stereocenters. The molecule has 0 radical (unpaired) electrons. The molecule has 1 aromatic heterocycles. The van der Waals surface area contributed by atoms with E-state index in [0.717, 1.165) is 17.5 Å². The van der Waals surface area contributed by atoms with Crippen molar-refractivity contribution in [2.75, 3.05) is 19.6 Å². The number of fused-ring (bicyclic) bond motifs is 2. The van der Waals surface area contributed by atoms with E-state index in [1.165, 1.54) is 0 Å². The van der Waals surface area contributed by atoms with Crippen LogP contribution in [0.5, 0.6) is 0 Å². The van der Waals surface area contributed by atoms with Crippen molar-refractivity contribution < 1.29 is 9.59 Å². The lowest BCUT2D eigenvalue weighted by atomic mass is 10.0. The van der Waals surface area contributed by atoms with Gasteiger partial charge in [-0.05, 0) is 47.7 Å². The van der Waals surface area contributed by atoms with Crippen LogP contribution in [-0.2, 0) is 9.59 Å². The van der Waals surface area contributed by atoms with Gasteiger partial charge in [-0.15, -0.1) is 5.10 Å². The normalized spacial score (nSPS) is 28.4. The fraction of sp³-hybridized carbons (Fsp3) is 0.565. The molecule has 2 amide bonds. The molecule has 3 saturated heterocycles. The molecule has 0 aliphatic carbocycles. The molecule has 1 aromatic carbocycles. The molecule has 0 spiro atoms. The van der Waals surface area contributed by atoms with Crippen molar-refractivity contribution in [3.8, 4) is 17.5 Å². The quantitative estimate of drug-likeness (QED) is 0.621. The van der Waals surface area contributed by atoms with Gasteiger partial charge in [0, 0.05) is 31.2 Å². The molecule has 3 aliphatic rings. The van der Waals surface area contributed by atoms with Crippen LogP contribution in [0.25, 0.3) is 11.4 Å². The first kappa shape index (κ1) is 22.4. The number of carbonyl (C=O) groups is 2. The minimum atomic E-state index is -0.744. The Morgan fingerprint density at radius 2 is 2.18 bits per heavy atom. The summed E-state index contributed by atoms with van der Waals surface area (Å²) in [6, 6.07) is 8.64. The Balaban J connectivity index is 1.24. The highest BCUT2D eigenvalue weighted by atomic mass is 16.2. The van der Waals surface area contributed by atoms with Crippen molar-refractivity contribution in [3.05, 3.63) is 29.8 Å². The monoisotopic (exact) mass is 463 g/mol. The third-order valence-electron chi connectivity index (χ3n) is 7.41. The number of piperazine rings is 1. The van der Waals surface area contributed by atoms with Gasteiger partial charge in [0.2, 0.25) is 11.8 Å². The number of H-pyrrole nitrogens is 1. The van der Waals surface area contributed by atoms with E-state index in [1.807, 2.05) is 47.9 Å². The maximum atomic E-state index is 13.3. The van der Waals surface area contributed by atoms with Crippen LogP contribution >= 0.6 is 0 Å². The highest BCUT2D eigenvalue weighted by Crippen LogP contribution is 2.38. The van der Waals surface area contributed by atoms with Gasteiger partial charge < -0.3 is 15.5 Å². The summed E-state index contributed by atoms with van der Waals surface area (Å²) >= 11 is 0. The molecular weight excluding hydrogens is 434 g/mol. The Morgan fingerprint density at radius 1 is 1.35 bits per heavy atom. The van der Waals surface area contributed by atoms with E-state index >= 15 is 0 Å². The van der Waals surface area contributed by atoms with Gasteiger partial charge in [-0.1, -0.05) is 25.1 Å². The van der Waals surface area contributed by atoms with Gasteiger partial charge >= 0.3 is 0 Å². The van der Waals surface area contributed by atoms with Crippen molar-refractivity contribution in [2.45, 2.75) is 56.9 Å². The van der Waals surface area contributed by atoms with Crippen LogP contribution in [0.3, 0.4) is 0 Å². The molecule has 2 bridgehead atoms. The summed E-state index contributed by atoms with van der Waals surface area (Å²) < 4.78 is 0. The predicted molar refractivity (Wildman–Crippen MR) is 122 cm³/mol. The Bertz CT molecular complexity index is 1110. The van der Waals surface area contributed by atoms with Crippen LogP contribution in [0, 0.1) is 17.2 Å². The van der Waals surface area contributed by atoms with Gasteiger partial charge in [-0.25, -0.2) is 5.10 Å². The number of nitrogens with one attached hydrogen (secondary N) is 1. The summed E-state index contributed by atoms with van der Waals surface area (Å²) in [7, 11) is 0.